The number of carbonyl (C=O) groups excluding carboxylic acids is 2. The summed E-state index contributed by atoms with van der Waals surface area (Å²) in [5.41, 5.74) is 7.71. The molecule has 2 N–H and O–H groups in total. The van der Waals surface area contributed by atoms with E-state index in [-0.39, 0.29) is 17.0 Å². The molecule has 6 nitrogen and oxygen atoms in total. The highest BCUT2D eigenvalue weighted by molar-refractivity contribution is 8.00. The predicted molar refractivity (Wildman–Crippen MR) is 106 cm³/mol. The van der Waals surface area contributed by atoms with Crippen molar-refractivity contribution in [2.75, 3.05) is 12.9 Å². The van der Waals surface area contributed by atoms with Gasteiger partial charge in [-0.2, -0.15) is 0 Å². The van der Waals surface area contributed by atoms with Gasteiger partial charge in [0.15, 0.2) is 11.8 Å². The van der Waals surface area contributed by atoms with Crippen LogP contribution >= 0.6 is 11.8 Å². The fourth-order valence-electron chi connectivity index (χ4n) is 3.38. The Hall–Kier alpha value is -2.77. The van der Waals surface area contributed by atoms with Gasteiger partial charge in [0.25, 0.3) is 0 Å². The van der Waals surface area contributed by atoms with E-state index in [0.29, 0.717) is 11.5 Å². The Balaban J connectivity index is 1.68. The van der Waals surface area contributed by atoms with E-state index in [1.54, 1.807) is 0 Å². The number of hydrogen-bond acceptors (Lipinski definition) is 6. The first kappa shape index (κ1) is 18.6. The number of nitrogens with zero attached hydrogens (tertiary/aromatic N) is 1. The van der Waals surface area contributed by atoms with Gasteiger partial charge in [0.1, 0.15) is 17.2 Å². The third-order valence-electron chi connectivity index (χ3n) is 4.84. The lowest BCUT2D eigenvalue weighted by molar-refractivity contribution is -0.153. The maximum Gasteiger partial charge on any atom is 0.359 e. The Morgan fingerprint density at radius 2 is 1.68 bits per heavy atom. The van der Waals surface area contributed by atoms with E-state index >= 15 is 0 Å². The number of β-lactam (4-membered cyclic amide) rings is 1. The second-order valence-electron chi connectivity index (χ2n) is 6.52. The van der Waals surface area contributed by atoms with Gasteiger partial charge in [-0.1, -0.05) is 60.7 Å². The van der Waals surface area contributed by atoms with Crippen molar-refractivity contribution in [3.8, 4) is 0 Å². The minimum atomic E-state index is -0.606. The zero-order chi connectivity index (χ0) is 19.7. The number of hydrogen-bond donors (Lipinski definition) is 1. The van der Waals surface area contributed by atoms with Crippen LogP contribution in [0.2, 0.25) is 0 Å². The molecule has 0 radical (unpaired) electrons. The van der Waals surface area contributed by atoms with Crippen LogP contribution < -0.4 is 5.73 Å². The molecule has 2 aromatic rings. The fourth-order valence-corrected chi connectivity index (χ4v) is 4.64. The number of amides is 1. The van der Waals surface area contributed by atoms with Crippen LogP contribution in [0.4, 0.5) is 0 Å². The average Bonchev–Trinajstić information content (AvgIpc) is 2.76. The predicted octanol–water partition coefficient (Wildman–Crippen LogP) is 2.42. The SMILES string of the molecule is COC1=C(C(=O)OC(c2ccccc2)c2ccccc2)N2C(=O)[C@@H](N)[C@@H]2SC1. The summed E-state index contributed by atoms with van der Waals surface area (Å²) in [5.74, 6) is -0.00844. The molecule has 0 aromatic heterocycles. The van der Waals surface area contributed by atoms with E-state index in [1.807, 2.05) is 60.7 Å². The molecule has 0 spiro atoms. The number of methoxy groups -OCH3 is 1. The van der Waals surface area contributed by atoms with Crippen LogP contribution in [0.15, 0.2) is 72.1 Å². The van der Waals surface area contributed by atoms with Gasteiger partial charge in [0, 0.05) is 0 Å². The Morgan fingerprint density at radius 3 is 2.21 bits per heavy atom. The third-order valence-corrected chi connectivity index (χ3v) is 6.12. The Bertz CT molecular complexity index is 877. The maximum atomic E-state index is 13.2. The average molecular weight is 396 g/mol. The number of rotatable bonds is 5. The molecule has 0 aliphatic carbocycles. The molecule has 1 fully saturated rings. The van der Waals surface area contributed by atoms with Crippen molar-refractivity contribution >= 4 is 23.6 Å². The smallest absolute Gasteiger partial charge is 0.359 e. The van der Waals surface area contributed by atoms with Crippen molar-refractivity contribution in [1.29, 1.82) is 0 Å². The van der Waals surface area contributed by atoms with Crippen LogP contribution in [-0.2, 0) is 19.1 Å². The number of ether oxygens (including phenoxy) is 2. The zero-order valence-corrected chi connectivity index (χ0v) is 16.1. The Labute approximate surface area is 167 Å². The molecule has 4 rings (SSSR count). The van der Waals surface area contributed by atoms with E-state index in [9.17, 15) is 9.59 Å². The highest BCUT2D eigenvalue weighted by atomic mass is 32.2. The molecule has 1 amide bonds. The van der Waals surface area contributed by atoms with Crippen molar-refractivity contribution in [3.63, 3.8) is 0 Å². The fraction of sp³-hybridized carbons (Fsp3) is 0.238. The van der Waals surface area contributed by atoms with Gasteiger partial charge in [-0.05, 0) is 11.1 Å². The third kappa shape index (κ3) is 3.16. The summed E-state index contributed by atoms with van der Waals surface area (Å²) < 4.78 is 11.3. The van der Waals surface area contributed by atoms with Crippen molar-refractivity contribution in [1.82, 2.24) is 4.90 Å². The molecule has 0 saturated carbocycles. The molecule has 7 heteroatoms. The minimum absolute atomic E-state index is 0.148. The van der Waals surface area contributed by atoms with Crippen molar-refractivity contribution in [2.24, 2.45) is 5.73 Å². The topological polar surface area (TPSA) is 81.9 Å². The van der Waals surface area contributed by atoms with Gasteiger partial charge < -0.3 is 15.2 Å². The first-order chi connectivity index (χ1) is 13.6. The lowest BCUT2D eigenvalue weighted by atomic mass is 10.0. The second-order valence-corrected chi connectivity index (χ2v) is 7.62. The first-order valence-electron chi connectivity index (χ1n) is 8.90. The van der Waals surface area contributed by atoms with Crippen LogP contribution in [0.3, 0.4) is 0 Å². The van der Waals surface area contributed by atoms with Gasteiger partial charge in [-0.3, -0.25) is 9.69 Å². The summed E-state index contributed by atoms with van der Waals surface area (Å²) in [4.78, 5) is 26.8. The molecule has 2 aliphatic rings. The lowest BCUT2D eigenvalue weighted by Crippen LogP contribution is -2.68. The molecule has 2 heterocycles. The molecule has 2 aromatic carbocycles. The van der Waals surface area contributed by atoms with Crippen LogP contribution in [0.1, 0.15) is 17.2 Å². The summed E-state index contributed by atoms with van der Waals surface area (Å²) in [5, 5.41) is -0.263. The molecule has 144 valence electrons. The monoisotopic (exact) mass is 396 g/mol. The highest BCUT2D eigenvalue weighted by Crippen LogP contribution is 2.40. The zero-order valence-electron chi connectivity index (χ0n) is 15.3. The van der Waals surface area contributed by atoms with Crippen LogP contribution in [0, 0.1) is 0 Å². The van der Waals surface area contributed by atoms with Gasteiger partial charge in [-0.25, -0.2) is 4.79 Å². The largest absolute Gasteiger partial charge is 0.498 e. The molecular formula is C21H20N2O4S. The van der Waals surface area contributed by atoms with Crippen LogP contribution in [0.5, 0.6) is 0 Å². The van der Waals surface area contributed by atoms with Crippen LogP contribution in [-0.4, -0.2) is 41.1 Å². The normalized spacial score (nSPS) is 21.2. The van der Waals surface area contributed by atoms with Gasteiger partial charge in [-0.15, -0.1) is 11.8 Å². The Kier molecular flexibility index (Phi) is 5.11. The maximum absolute atomic E-state index is 13.2. The first-order valence-corrected chi connectivity index (χ1v) is 9.95. The van der Waals surface area contributed by atoms with Gasteiger partial charge in [0.2, 0.25) is 5.91 Å². The van der Waals surface area contributed by atoms with Gasteiger partial charge >= 0.3 is 5.97 Å². The van der Waals surface area contributed by atoms with E-state index in [2.05, 4.69) is 0 Å². The summed E-state index contributed by atoms with van der Waals surface area (Å²) in [6.45, 7) is 0. The number of benzene rings is 2. The van der Waals surface area contributed by atoms with E-state index in [0.717, 1.165) is 11.1 Å². The summed E-state index contributed by atoms with van der Waals surface area (Å²) in [7, 11) is 1.49. The molecular weight excluding hydrogens is 376 g/mol. The van der Waals surface area contributed by atoms with E-state index in [1.165, 1.54) is 23.8 Å². The quantitative estimate of drug-likeness (QED) is 0.617. The molecule has 1 saturated heterocycles. The molecule has 0 bridgehead atoms. The summed E-state index contributed by atoms with van der Waals surface area (Å²) in [6, 6.07) is 18.4. The van der Waals surface area contributed by atoms with E-state index < -0.39 is 18.1 Å². The number of thioether (sulfide) groups is 1. The number of nitrogens with two attached hydrogens (primary N) is 1. The summed E-state index contributed by atoms with van der Waals surface area (Å²) >= 11 is 1.48. The van der Waals surface area contributed by atoms with Crippen molar-refractivity contribution < 1.29 is 19.1 Å². The number of carbonyl (C=O) groups is 2. The van der Waals surface area contributed by atoms with Crippen LogP contribution in [0.25, 0.3) is 0 Å². The number of esters is 1. The highest BCUT2D eigenvalue weighted by Gasteiger charge is 2.53. The lowest BCUT2D eigenvalue weighted by Gasteiger charge is -2.47. The second kappa shape index (κ2) is 7.69. The van der Waals surface area contributed by atoms with Crippen molar-refractivity contribution in [3.05, 3.63) is 83.2 Å². The van der Waals surface area contributed by atoms with E-state index in [4.69, 9.17) is 15.2 Å². The number of fused-ring (bicyclic) bond motifs is 1. The molecule has 2 aliphatic heterocycles. The minimum Gasteiger partial charge on any atom is -0.498 e. The molecule has 28 heavy (non-hydrogen) atoms. The van der Waals surface area contributed by atoms with Crippen molar-refractivity contribution in [2.45, 2.75) is 17.5 Å². The molecule has 0 unspecified atom stereocenters. The summed E-state index contributed by atoms with van der Waals surface area (Å²) in [6.07, 6.45) is -0.599. The van der Waals surface area contributed by atoms with Gasteiger partial charge in [0.05, 0.1) is 12.9 Å². The molecule has 2 atom stereocenters. The Morgan fingerprint density at radius 1 is 1.11 bits per heavy atom. The standard InChI is InChI=1S/C21H20N2O4S/c1-26-15-12-28-20-16(22)19(24)23(20)17(15)21(25)27-18(13-8-4-2-5-9-13)14-10-6-3-7-11-14/h2-11,16,18,20H,12,22H2,1H3/t16-,20+/m1/s1.